The fourth-order valence-electron chi connectivity index (χ4n) is 2.08. The molecule has 0 aromatic carbocycles. The molecule has 1 atom stereocenters. The van der Waals surface area contributed by atoms with Crippen molar-refractivity contribution in [3.8, 4) is 0 Å². The van der Waals surface area contributed by atoms with E-state index in [1.54, 1.807) is 0 Å². The van der Waals surface area contributed by atoms with Crippen LogP contribution in [0.25, 0.3) is 0 Å². The summed E-state index contributed by atoms with van der Waals surface area (Å²) in [4.78, 5) is 0. The van der Waals surface area contributed by atoms with E-state index in [4.69, 9.17) is 9.47 Å². The molecule has 2 N–H and O–H groups in total. The molecule has 4 heteroatoms. The van der Waals surface area contributed by atoms with E-state index in [-0.39, 0.29) is 18.2 Å². The Labute approximate surface area is 117 Å². The Balaban J connectivity index is 1.93. The Morgan fingerprint density at radius 2 is 1.95 bits per heavy atom. The van der Waals surface area contributed by atoms with E-state index in [1.165, 1.54) is 12.8 Å². The number of hydrogen-bond acceptors (Lipinski definition) is 4. The third kappa shape index (κ3) is 8.58. The van der Waals surface area contributed by atoms with Crippen molar-refractivity contribution in [1.82, 2.24) is 5.32 Å². The van der Waals surface area contributed by atoms with Gasteiger partial charge in [0.2, 0.25) is 0 Å². The summed E-state index contributed by atoms with van der Waals surface area (Å²) in [5.41, 5.74) is -0.109. The van der Waals surface area contributed by atoms with Gasteiger partial charge in [-0.1, -0.05) is 0 Å². The molecule has 0 bridgehead atoms. The van der Waals surface area contributed by atoms with Gasteiger partial charge in [0.25, 0.3) is 0 Å². The third-order valence-corrected chi connectivity index (χ3v) is 3.42. The molecular formula is C15H31NO3. The average Bonchev–Trinajstić information content (AvgIpc) is 3.16. The maximum atomic E-state index is 9.48. The quantitative estimate of drug-likeness (QED) is 0.535. The van der Waals surface area contributed by atoms with Gasteiger partial charge in [0.15, 0.2) is 0 Å². The summed E-state index contributed by atoms with van der Waals surface area (Å²) in [7, 11) is 0. The minimum atomic E-state index is -0.109. The molecule has 0 amide bonds. The van der Waals surface area contributed by atoms with Crippen LogP contribution in [0.15, 0.2) is 0 Å². The van der Waals surface area contributed by atoms with Gasteiger partial charge in [-0.2, -0.15) is 0 Å². The molecule has 1 aliphatic carbocycles. The zero-order chi connectivity index (χ0) is 14.1. The van der Waals surface area contributed by atoms with E-state index in [0.29, 0.717) is 19.3 Å². The lowest BCUT2D eigenvalue weighted by Gasteiger charge is -2.29. The Kier molecular flexibility index (Phi) is 7.91. The van der Waals surface area contributed by atoms with Crippen LogP contribution in [0, 0.1) is 0 Å². The highest BCUT2D eigenvalue weighted by atomic mass is 16.5. The van der Waals surface area contributed by atoms with Crippen LogP contribution in [0.3, 0.4) is 0 Å². The number of aliphatic hydroxyl groups excluding tert-OH is 1. The third-order valence-electron chi connectivity index (χ3n) is 3.42. The molecule has 0 spiro atoms. The monoisotopic (exact) mass is 273 g/mol. The first-order chi connectivity index (χ1) is 9.06. The van der Waals surface area contributed by atoms with Gasteiger partial charge in [-0.05, 0) is 52.9 Å². The molecule has 19 heavy (non-hydrogen) atoms. The molecule has 1 fully saturated rings. The lowest BCUT2D eigenvalue weighted by Crippen LogP contribution is -2.46. The van der Waals surface area contributed by atoms with Crippen LogP contribution in [0.2, 0.25) is 0 Å². The SMILES string of the molecule is CC(C)OCCOCCCCC(C)(CO)NC1CC1. The van der Waals surface area contributed by atoms with Gasteiger partial charge in [0, 0.05) is 18.2 Å². The molecule has 0 heterocycles. The Hall–Kier alpha value is -0.160. The second-order valence-electron chi connectivity index (χ2n) is 6.13. The predicted molar refractivity (Wildman–Crippen MR) is 77.4 cm³/mol. The summed E-state index contributed by atoms with van der Waals surface area (Å²) in [5, 5.41) is 13.0. The van der Waals surface area contributed by atoms with Crippen molar-refractivity contribution in [3.05, 3.63) is 0 Å². The number of ether oxygens (including phenoxy) is 2. The van der Waals surface area contributed by atoms with Gasteiger partial charge in [0.05, 0.1) is 25.9 Å². The van der Waals surface area contributed by atoms with Gasteiger partial charge >= 0.3 is 0 Å². The van der Waals surface area contributed by atoms with Crippen molar-refractivity contribution in [2.75, 3.05) is 26.4 Å². The van der Waals surface area contributed by atoms with Gasteiger partial charge in [-0.25, -0.2) is 0 Å². The summed E-state index contributed by atoms with van der Waals surface area (Å²) >= 11 is 0. The standard InChI is InChI=1S/C15H31NO3/c1-13(2)19-11-10-18-9-5-4-8-15(3,12-17)16-14-6-7-14/h13-14,16-17H,4-12H2,1-3H3. The highest BCUT2D eigenvalue weighted by Gasteiger charge is 2.31. The highest BCUT2D eigenvalue weighted by molar-refractivity contribution is 4.92. The first-order valence-corrected chi connectivity index (χ1v) is 7.63. The summed E-state index contributed by atoms with van der Waals surface area (Å²) in [6.07, 6.45) is 5.93. The van der Waals surface area contributed by atoms with E-state index in [1.807, 2.05) is 13.8 Å². The second-order valence-corrected chi connectivity index (χ2v) is 6.13. The maximum absolute atomic E-state index is 9.48. The fraction of sp³-hybridized carbons (Fsp3) is 1.00. The number of hydrogen-bond donors (Lipinski definition) is 2. The van der Waals surface area contributed by atoms with Gasteiger partial charge in [-0.3, -0.25) is 0 Å². The Morgan fingerprint density at radius 1 is 1.21 bits per heavy atom. The predicted octanol–water partition coefficient (Wildman–Crippen LogP) is 2.10. The first kappa shape index (κ1) is 16.9. The van der Waals surface area contributed by atoms with Crippen molar-refractivity contribution < 1.29 is 14.6 Å². The summed E-state index contributed by atoms with van der Waals surface area (Å²) in [6, 6.07) is 0.640. The molecule has 1 saturated carbocycles. The van der Waals surface area contributed by atoms with Gasteiger partial charge < -0.3 is 19.9 Å². The highest BCUT2D eigenvalue weighted by Crippen LogP contribution is 2.24. The molecule has 114 valence electrons. The smallest absolute Gasteiger partial charge is 0.0703 e. The molecule has 0 aromatic heterocycles. The zero-order valence-electron chi connectivity index (χ0n) is 12.8. The zero-order valence-corrected chi connectivity index (χ0v) is 12.8. The van der Waals surface area contributed by atoms with E-state index >= 15 is 0 Å². The summed E-state index contributed by atoms with van der Waals surface area (Å²) < 4.78 is 10.9. The molecule has 0 aromatic rings. The second kappa shape index (κ2) is 8.90. The largest absolute Gasteiger partial charge is 0.394 e. The molecule has 1 rings (SSSR count). The lowest BCUT2D eigenvalue weighted by molar-refractivity contribution is 0.0181. The van der Waals surface area contributed by atoms with Crippen molar-refractivity contribution in [3.63, 3.8) is 0 Å². The van der Waals surface area contributed by atoms with Crippen LogP contribution in [-0.2, 0) is 9.47 Å². The molecular weight excluding hydrogens is 242 g/mol. The maximum Gasteiger partial charge on any atom is 0.0703 e. The molecule has 1 aliphatic rings. The number of aliphatic hydroxyl groups is 1. The Morgan fingerprint density at radius 3 is 2.53 bits per heavy atom. The molecule has 1 unspecified atom stereocenters. The minimum Gasteiger partial charge on any atom is -0.394 e. The number of unbranched alkanes of at least 4 members (excludes halogenated alkanes) is 1. The number of rotatable bonds is 12. The van der Waals surface area contributed by atoms with Crippen molar-refractivity contribution >= 4 is 0 Å². The normalized spacial score (nSPS) is 18.8. The van der Waals surface area contributed by atoms with Crippen molar-refractivity contribution in [1.29, 1.82) is 0 Å². The van der Waals surface area contributed by atoms with Gasteiger partial charge in [0.1, 0.15) is 0 Å². The van der Waals surface area contributed by atoms with E-state index < -0.39 is 0 Å². The average molecular weight is 273 g/mol. The lowest BCUT2D eigenvalue weighted by atomic mass is 9.95. The minimum absolute atomic E-state index is 0.109. The summed E-state index contributed by atoms with van der Waals surface area (Å²) in [5.74, 6) is 0. The Bertz CT molecular complexity index is 231. The van der Waals surface area contributed by atoms with Crippen LogP contribution in [0.5, 0.6) is 0 Å². The summed E-state index contributed by atoms with van der Waals surface area (Å²) in [6.45, 7) is 8.53. The van der Waals surface area contributed by atoms with Crippen LogP contribution < -0.4 is 5.32 Å². The van der Waals surface area contributed by atoms with Crippen molar-refractivity contribution in [2.45, 2.75) is 70.6 Å². The molecule has 0 saturated heterocycles. The van der Waals surface area contributed by atoms with Crippen LogP contribution in [-0.4, -0.2) is 49.2 Å². The molecule has 0 radical (unpaired) electrons. The topological polar surface area (TPSA) is 50.7 Å². The first-order valence-electron chi connectivity index (χ1n) is 7.63. The number of nitrogens with one attached hydrogen (secondary N) is 1. The van der Waals surface area contributed by atoms with E-state index in [9.17, 15) is 5.11 Å². The molecule has 4 nitrogen and oxygen atoms in total. The van der Waals surface area contributed by atoms with E-state index in [2.05, 4.69) is 12.2 Å². The van der Waals surface area contributed by atoms with Crippen molar-refractivity contribution in [2.24, 2.45) is 0 Å². The fourth-order valence-corrected chi connectivity index (χ4v) is 2.08. The molecule has 0 aliphatic heterocycles. The van der Waals surface area contributed by atoms with E-state index in [0.717, 1.165) is 25.9 Å². The van der Waals surface area contributed by atoms with Crippen LogP contribution >= 0.6 is 0 Å². The van der Waals surface area contributed by atoms with Crippen LogP contribution in [0.1, 0.15) is 52.9 Å². The van der Waals surface area contributed by atoms with Gasteiger partial charge in [-0.15, -0.1) is 0 Å². The van der Waals surface area contributed by atoms with Crippen LogP contribution in [0.4, 0.5) is 0 Å².